The van der Waals surface area contributed by atoms with Gasteiger partial charge in [-0.2, -0.15) is 0 Å². The van der Waals surface area contributed by atoms with E-state index in [1.54, 1.807) is 21.1 Å². The highest BCUT2D eigenvalue weighted by molar-refractivity contribution is 5.72. The SMILES string of the molecule is COc1cc2c(cc1OC)[C@H](CNC(C)=O)N(Cc1ccccc1C)CC2. The summed E-state index contributed by atoms with van der Waals surface area (Å²) in [5.74, 6) is 1.46. The average Bonchev–Trinajstić information content (AvgIpc) is 2.67. The van der Waals surface area contributed by atoms with Gasteiger partial charge in [0.05, 0.1) is 20.3 Å². The normalized spacial score (nSPS) is 16.5. The van der Waals surface area contributed by atoms with Gasteiger partial charge < -0.3 is 14.8 Å². The Morgan fingerprint density at radius 3 is 2.56 bits per heavy atom. The van der Waals surface area contributed by atoms with Gasteiger partial charge in [0.15, 0.2) is 11.5 Å². The van der Waals surface area contributed by atoms with Crippen LogP contribution >= 0.6 is 0 Å². The Labute approximate surface area is 161 Å². The summed E-state index contributed by atoms with van der Waals surface area (Å²) in [4.78, 5) is 14.0. The molecular formula is C22H28N2O3. The largest absolute Gasteiger partial charge is 0.493 e. The van der Waals surface area contributed by atoms with Gasteiger partial charge in [0.2, 0.25) is 5.91 Å². The molecule has 3 rings (SSSR count). The van der Waals surface area contributed by atoms with Crippen LogP contribution in [0.25, 0.3) is 0 Å². The van der Waals surface area contributed by atoms with Gasteiger partial charge in [-0.05, 0) is 47.7 Å². The van der Waals surface area contributed by atoms with Crippen LogP contribution < -0.4 is 14.8 Å². The Hall–Kier alpha value is -2.53. The summed E-state index contributed by atoms with van der Waals surface area (Å²) in [7, 11) is 3.31. The predicted molar refractivity (Wildman–Crippen MR) is 106 cm³/mol. The highest BCUT2D eigenvalue weighted by Gasteiger charge is 2.29. The molecule has 1 N–H and O–H groups in total. The van der Waals surface area contributed by atoms with Gasteiger partial charge in [0, 0.05) is 26.6 Å². The number of rotatable bonds is 6. The van der Waals surface area contributed by atoms with E-state index in [4.69, 9.17) is 9.47 Å². The Bertz CT molecular complexity index is 819. The minimum atomic E-state index is -0.0153. The maximum absolute atomic E-state index is 11.6. The molecule has 0 unspecified atom stereocenters. The smallest absolute Gasteiger partial charge is 0.216 e. The molecule has 5 heteroatoms. The summed E-state index contributed by atoms with van der Waals surface area (Å²) in [5, 5.41) is 3.00. The van der Waals surface area contributed by atoms with Crippen LogP contribution in [0.1, 0.15) is 35.2 Å². The first-order chi connectivity index (χ1) is 13.0. The number of nitrogens with zero attached hydrogens (tertiary/aromatic N) is 1. The van der Waals surface area contributed by atoms with Crippen LogP contribution in [0.2, 0.25) is 0 Å². The molecule has 144 valence electrons. The zero-order valence-corrected chi connectivity index (χ0v) is 16.5. The van der Waals surface area contributed by atoms with E-state index in [9.17, 15) is 4.79 Å². The lowest BCUT2D eigenvalue weighted by Gasteiger charge is -2.38. The number of aryl methyl sites for hydroxylation is 1. The lowest BCUT2D eigenvalue weighted by Crippen LogP contribution is -2.41. The zero-order chi connectivity index (χ0) is 19.4. The Morgan fingerprint density at radius 2 is 1.89 bits per heavy atom. The van der Waals surface area contributed by atoms with Crippen LogP contribution in [-0.4, -0.2) is 38.1 Å². The second kappa shape index (κ2) is 8.44. The number of hydrogen-bond donors (Lipinski definition) is 1. The number of nitrogens with one attached hydrogen (secondary N) is 1. The maximum Gasteiger partial charge on any atom is 0.216 e. The van der Waals surface area contributed by atoms with E-state index in [0.29, 0.717) is 6.54 Å². The van der Waals surface area contributed by atoms with Gasteiger partial charge >= 0.3 is 0 Å². The van der Waals surface area contributed by atoms with Crippen molar-refractivity contribution in [1.82, 2.24) is 10.2 Å². The number of benzene rings is 2. The molecule has 1 aliphatic heterocycles. The monoisotopic (exact) mass is 368 g/mol. The van der Waals surface area contributed by atoms with Crippen molar-refractivity contribution in [2.24, 2.45) is 0 Å². The third kappa shape index (κ3) is 4.25. The van der Waals surface area contributed by atoms with Gasteiger partial charge in [-0.25, -0.2) is 0 Å². The number of hydrogen-bond acceptors (Lipinski definition) is 4. The number of ether oxygens (including phenoxy) is 2. The minimum absolute atomic E-state index is 0.0153. The van der Waals surface area contributed by atoms with Gasteiger partial charge in [-0.15, -0.1) is 0 Å². The Balaban J connectivity index is 1.96. The molecule has 0 aromatic heterocycles. The third-order valence-electron chi connectivity index (χ3n) is 5.29. The molecule has 0 fully saturated rings. The lowest BCUT2D eigenvalue weighted by atomic mass is 9.91. The standard InChI is InChI=1S/C22H28N2O3/c1-15-7-5-6-8-18(15)14-24-10-9-17-11-21(26-3)22(27-4)12-19(17)20(24)13-23-16(2)25/h5-8,11-12,20H,9-10,13-14H2,1-4H3,(H,23,25)/t20-/m0/s1. The number of methoxy groups -OCH3 is 2. The summed E-state index contributed by atoms with van der Waals surface area (Å²) in [5.41, 5.74) is 5.05. The fourth-order valence-electron chi connectivity index (χ4n) is 3.76. The van der Waals surface area contributed by atoms with E-state index < -0.39 is 0 Å². The molecule has 1 amide bonds. The van der Waals surface area contributed by atoms with Crippen molar-refractivity contribution >= 4 is 5.91 Å². The Kier molecular flexibility index (Phi) is 6.01. The second-order valence-corrected chi connectivity index (χ2v) is 7.01. The number of amides is 1. The summed E-state index contributed by atoms with van der Waals surface area (Å²) in [6, 6.07) is 12.7. The molecule has 0 saturated carbocycles. The first-order valence-corrected chi connectivity index (χ1v) is 9.31. The molecule has 0 spiro atoms. The summed E-state index contributed by atoms with van der Waals surface area (Å²) < 4.78 is 11.0. The summed E-state index contributed by atoms with van der Waals surface area (Å²) in [6.45, 7) is 6.06. The van der Waals surface area contributed by atoms with E-state index in [1.807, 2.05) is 0 Å². The molecular weight excluding hydrogens is 340 g/mol. The molecule has 1 aliphatic rings. The number of carbonyl (C=O) groups is 1. The number of carbonyl (C=O) groups excluding carboxylic acids is 1. The van der Waals surface area contributed by atoms with Gasteiger partial charge in [-0.1, -0.05) is 24.3 Å². The van der Waals surface area contributed by atoms with Crippen molar-refractivity contribution in [3.05, 3.63) is 58.7 Å². The van der Waals surface area contributed by atoms with E-state index >= 15 is 0 Å². The predicted octanol–water partition coefficient (Wildman–Crippen LogP) is 3.25. The van der Waals surface area contributed by atoms with Crippen LogP contribution in [0.5, 0.6) is 11.5 Å². The molecule has 27 heavy (non-hydrogen) atoms. The quantitative estimate of drug-likeness (QED) is 0.850. The first-order valence-electron chi connectivity index (χ1n) is 9.31. The molecule has 0 saturated heterocycles. The van der Waals surface area contributed by atoms with Crippen LogP contribution in [0, 0.1) is 6.92 Å². The number of fused-ring (bicyclic) bond motifs is 1. The molecule has 0 aliphatic carbocycles. The highest BCUT2D eigenvalue weighted by Crippen LogP contribution is 2.38. The van der Waals surface area contributed by atoms with E-state index in [0.717, 1.165) is 31.0 Å². The zero-order valence-electron chi connectivity index (χ0n) is 16.5. The topological polar surface area (TPSA) is 50.8 Å². The molecule has 0 bridgehead atoms. The van der Waals surface area contributed by atoms with Crippen molar-refractivity contribution in [2.75, 3.05) is 27.3 Å². The summed E-state index contributed by atoms with van der Waals surface area (Å²) >= 11 is 0. The van der Waals surface area contributed by atoms with Crippen LogP contribution in [0.15, 0.2) is 36.4 Å². The van der Waals surface area contributed by atoms with Crippen LogP contribution in [-0.2, 0) is 17.8 Å². The van der Waals surface area contributed by atoms with Crippen LogP contribution in [0.3, 0.4) is 0 Å². The fourth-order valence-corrected chi connectivity index (χ4v) is 3.76. The molecule has 0 radical (unpaired) electrons. The molecule has 1 atom stereocenters. The second-order valence-electron chi connectivity index (χ2n) is 7.01. The van der Waals surface area contributed by atoms with E-state index in [2.05, 4.69) is 53.5 Å². The van der Waals surface area contributed by atoms with Gasteiger partial charge in [-0.3, -0.25) is 9.69 Å². The summed E-state index contributed by atoms with van der Waals surface area (Å²) in [6.07, 6.45) is 0.943. The van der Waals surface area contributed by atoms with Crippen molar-refractivity contribution in [3.63, 3.8) is 0 Å². The van der Waals surface area contributed by atoms with E-state index in [1.165, 1.54) is 22.3 Å². The lowest BCUT2D eigenvalue weighted by molar-refractivity contribution is -0.119. The van der Waals surface area contributed by atoms with Crippen LogP contribution in [0.4, 0.5) is 0 Å². The maximum atomic E-state index is 11.6. The van der Waals surface area contributed by atoms with Crippen molar-refractivity contribution in [2.45, 2.75) is 32.9 Å². The van der Waals surface area contributed by atoms with Crippen molar-refractivity contribution < 1.29 is 14.3 Å². The third-order valence-corrected chi connectivity index (χ3v) is 5.29. The minimum Gasteiger partial charge on any atom is -0.493 e. The van der Waals surface area contributed by atoms with Gasteiger partial charge in [0.25, 0.3) is 0 Å². The average molecular weight is 368 g/mol. The van der Waals surface area contributed by atoms with Crippen molar-refractivity contribution in [1.29, 1.82) is 0 Å². The molecule has 2 aromatic rings. The Morgan fingerprint density at radius 1 is 1.19 bits per heavy atom. The van der Waals surface area contributed by atoms with E-state index in [-0.39, 0.29) is 11.9 Å². The van der Waals surface area contributed by atoms with Crippen molar-refractivity contribution in [3.8, 4) is 11.5 Å². The molecule has 5 nitrogen and oxygen atoms in total. The molecule has 2 aromatic carbocycles. The molecule has 1 heterocycles. The fraction of sp³-hybridized carbons (Fsp3) is 0.409. The van der Waals surface area contributed by atoms with Gasteiger partial charge in [0.1, 0.15) is 0 Å². The first kappa shape index (κ1) is 19.2. The highest BCUT2D eigenvalue weighted by atomic mass is 16.5.